The first kappa shape index (κ1) is 14.2. The molecule has 0 radical (unpaired) electrons. The molecule has 0 bridgehead atoms. The molecule has 0 spiro atoms. The summed E-state index contributed by atoms with van der Waals surface area (Å²) >= 11 is 0. The van der Waals surface area contributed by atoms with E-state index in [0.717, 1.165) is 0 Å². The Labute approximate surface area is 115 Å². The average Bonchev–Trinajstić information content (AvgIpc) is 2.47. The number of morpholine rings is 1. The average molecular weight is 280 g/mol. The Bertz CT molecular complexity index is 502. The minimum atomic E-state index is -0.575. The molecule has 1 aromatic heterocycles. The van der Waals surface area contributed by atoms with Crippen LogP contribution in [0, 0.1) is 10.1 Å². The number of nitrogens with one attached hydrogen (secondary N) is 1. The smallest absolute Gasteiger partial charge is 0.378 e. The molecule has 108 valence electrons. The van der Waals surface area contributed by atoms with E-state index < -0.39 is 11.0 Å². The normalized spacial score (nSPS) is 16.6. The fraction of sp³-hybridized carbons (Fsp3) is 0.500. The van der Waals surface area contributed by atoms with Gasteiger partial charge in [0.1, 0.15) is 17.9 Å². The summed E-state index contributed by atoms with van der Waals surface area (Å²) in [6.07, 6.45) is 1.35. The number of anilines is 1. The minimum absolute atomic E-state index is 0.105. The summed E-state index contributed by atoms with van der Waals surface area (Å²) in [5.74, 6) is -0.388. The van der Waals surface area contributed by atoms with Gasteiger partial charge < -0.3 is 25.1 Å². The molecular formula is C12H16N4O4. The van der Waals surface area contributed by atoms with E-state index in [1.807, 2.05) is 0 Å². The van der Waals surface area contributed by atoms with Crippen molar-refractivity contribution >= 4 is 17.4 Å². The molecule has 1 aliphatic rings. The van der Waals surface area contributed by atoms with Crippen molar-refractivity contribution in [3.63, 3.8) is 0 Å². The van der Waals surface area contributed by atoms with Crippen LogP contribution in [-0.4, -0.2) is 53.1 Å². The first-order chi connectivity index (χ1) is 9.59. The molecule has 1 N–H and O–H groups in total. The second-order valence-corrected chi connectivity index (χ2v) is 4.44. The third kappa shape index (κ3) is 3.21. The van der Waals surface area contributed by atoms with E-state index in [1.54, 1.807) is 17.9 Å². The number of carbonyl (C=O) groups excluding carboxylic acids is 1. The summed E-state index contributed by atoms with van der Waals surface area (Å²) in [5, 5.41) is 13.7. The van der Waals surface area contributed by atoms with Crippen LogP contribution in [0.1, 0.15) is 6.92 Å². The second kappa shape index (κ2) is 6.29. The van der Waals surface area contributed by atoms with Gasteiger partial charge in [0.2, 0.25) is 5.91 Å². The minimum Gasteiger partial charge on any atom is -0.378 e. The number of pyridine rings is 1. The quantitative estimate of drug-likeness (QED) is 0.642. The maximum Gasteiger partial charge on any atom is 0.386 e. The highest BCUT2D eigenvalue weighted by Crippen LogP contribution is 2.21. The molecule has 1 unspecified atom stereocenters. The van der Waals surface area contributed by atoms with Crippen LogP contribution in [0.2, 0.25) is 0 Å². The number of carbonyl (C=O) groups is 1. The summed E-state index contributed by atoms with van der Waals surface area (Å²) in [4.78, 5) is 27.9. The molecule has 1 aliphatic heterocycles. The topological polar surface area (TPSA) is 97.6 Å². The molecule has 8 heteroatoms. The third-order valence-corrected chi connectivity index (χ3v) is 3.02. The molecule has 1 aromatic rings. The summed E-state index contributed by atoms with van der Waals surface area (Å²) < 4.78 is 5.18. The first-order valence-corrected chi connectivity index (χ1v) is 6.32. The maximum atomic E-state index is 12.2. The molecule has 2 heterocycles. The lowest BCUT2D eigenvalue weighted by Gasteiger charge is -2.29. The number of amides is 1. The third-order valence-electron chi connectivity index (χ3n) is 3.02. The van der Waals surface area contributed by atoms with Crippen molar-refractivity contribution in [2.75, 3.05) is 31.6 Å². The molecule has 1 saturated heterocycles. The Balaban J connectivity index is 2.05. The zero-order valence-corrected chi connectivity index (χ0v) is 11.1. The fourth-order valence-electron chi connectivity index (χ4n) is 2.01. The largest absolute Gasteiger partial charge is 0.386 e. The summed E-state index contributed by atoms with van der Waals surface area (Å²) in [6, 6.07) is 2.56. The number of nitrogens with zero attached hydrogens (tertiary/aromatic N) is 3. The molecule has 0 aliphatic carbocycles. The van der Waals surface area contributed by atoms with Gasteiger partial charge in [0.15, 0.2) is 0 Å². The first-order valence-electron chi connectivity index (χ1n) is 6.32. The number of nitro groups is 1. The second-order valence-electron chi connectivity index (χ2n) is 4.44. The highest BCUT2D eigenvalue weighted by atomic mass is 16.6. The monoisotopic (exact) mass is 280 g/mol. The van der Waals surface area contributed by atoms with Crippen molar-refractivity contribution < 1.29 is 14.5 Å². The number of ether oxygens (including phenoxy) is 1. The van der Waals surface area contributed by atoms with Crippen LogP contribution in [0.25, 0.3) is 0 Å². The Morgan fingerprint density at radius 1 is 1.55 bits per heavy atom. The van der Waals surface area contributed by atoms with E-state index in [9.17, 15) is 14.9 Å². The van der Waals surface area contributed by atoms with Crippen LogP contribution in [0.4, 0.5) is 11.5 Å². The van der Waals surface area contributed by atoms with E-state index in [-0.39, 0.29) is 17.4 Å². The summed E-state index contributed by atoms with van der Waals surface area (Å²) in [6.45, 7) is 3.80. The van der Waals surface area contributed by atoms with Crippen LogP contribution in [-0.2, 0) is 9.53 Å². The fourth-order valence-corrected chi connectivity index (χ4v) is 2.01. The SMILES string of the molecule is CC(Nc1cccnc1[N+](=O)[O-])C(=O)N1CCOCC1. The summed E-state index contributed by atoms with van der Waals surface area (Å²) in [5.41, 5.74) is 0.242. The Hall–Kier alpha value is -2.22. The van der Waals surface area contributed by atoms with E-state index in [0.29, 0.717) is 26.3 Å². The molecule has 1 atom stereocenters. The van der Waals surface area contributed by atoms with E-state index in [2.05, 4.69) is 10.3 Å². The van der Waals surface area contributed by atoms with E-state index in [1.165, 1.54) is 12.3 Å². The van der Waals surface area contributed by atoms with Gasteiger partial charge >= 0.3 is 5.82 Å². The molecule has 0 saturated carbocycles. The highest BCUT2D eigenvalue weighted by Gasteiger charge is 2.24. The van der Waals surface area contributed by atoms with Gasteiger partial charge in [0.25, 0.3) is 0 Å². The zero-order chi connectivity index (χ0) is 14.5. The Kier molecular flexibility index (Phi) is 4.46. The van der Waals surface area contributed by atoms with Gasteiger partial charge in [-0.3, -0.25) is 4.79 Å². The Morgan fingerprint density at radius 2 is 2.25 bits per heavy atom. The van der Waals surface area contributed by atoms with Crippen molar-refractivity contribution in [2.45, 2.75) is 13.0 Å². The number of hydrogen-bond donors (Lipinski definition) is 1. The van der Waals surface area contributed by atoms with Crippen molar-refractivity contribution in [3.8, 4) is 0 Å². The van der Waals surface area contributed by atoms with Crippen LogP contribution in [0.5, 0.6) is 0 Å². The number of hydrogen-bond acceptors (Lipinski definition) is 6. The van der Waals surface area contributed by atoms with Crippen molar-refractivity contribution in [1.29, 1.82) is 0 Å². The van der Waals surface area contributed by atoms with Gasteiger partial charge in [0, 0.05) is 13.1 Å². The molecular weight excluding hydrogens is 264 g/mol. The van der Waals surface area contributed by atoms with Crippen LogP contribution in [0.3, 0.4) is 0 Å². The molecule has 0 aromatic carbocycles. The van der Waals surface area contributed by atoms with E-state index in [4.69, 9.17) is 4.74 Å². The molecule has 2 rings (SSSR count). The number of aromatic nitrogens is 1. The van der Waals surface area contributed by atoms with Crippen LogP contribution < -0.4 is 5.32 Å². The van der Waals surface area contributed by atoms with Gasteiger partial charge in [-0.05, 0) is 29.0 Å². The van der Waals surface area contributed by atoms with Crippen LogP contribution >= 0.6 is 0 Å². The molecule has 1 amide bonds. The summed E-state index contributed by atoms with van der Waals surface area (Å²) in [7, 11) is 0. The van der Waals surface area contributed by atoms with Gasteiger partial charge in [-0.2, -0.15) is 0 Å². The standard InChI is InChI=1S/C12H16N4O4/c1-9(12(17)15-5-7-20-8-6-15)14-10-3-2-4-13-11(10)16(18)19/h2-4,9,14H,5-8H2,1H3. The van der Waals surface area contributed by atoms with Gasteiger partial charge in [-0.25, -0.2) is 0 Å². The van der Waals surface area contributed by atoms with Crippen LogP contribution in [0.15, 0.2) is 18.3 Å². The predicted molar refractivity (Wildman–Crippen MR) is 71.4 cm³/mol. The van der Waals surface area contributed by atoms with Gasteiger partial charge in [-0.15, -0.1) is 0 Å². The highest BCUT2D eigenvalue weighted by molar-refractivity contribution is 5.85. The lowest BCUT2D eigenvalue weighted by Crippen LogP contribution is -2.47. The van der Waals surface area contributed by atoms with Gasteiger partial charge in [-0.1, -0.05) is 0 Å². The zero-order valence-electron chi connectivity index (χ0n) is 11.1. The van der Waals surface area contributed by atoms with Crippen molar-refractivity contribution in [3.05, 3.63) is 28.4 Å². The van der Waals surface area contributed by atoms with Crippen molar-refractivity contribution in [2.24, 2.45) is 0 Å². The van der Waals surface area contributed by atoms with Gasteiger partial charge in [0.05, 0.1) is 13.2 Å². The maximum absolute atomic E-state index is 12.2. The van der Waals surface area contributed by atoms with E-state index >= 15 is 0 Å². The molecule has 20 heavy (non-hydrogen) atoms. The number of rotatable bonds is 4. The Morgan fingerprint density at radius 3 is 2.90 bits per heavy atom. The lowest BCUT2D eigenvalue weighted by atomic mass is 10.2. The lowest BCUT2D eigenvalue weighted by molar-refractivity contribution is -0.388. The van der Waals surface area contributed by atoms with Crippen molar-refractivity contribution in [1.82, 2.24) is 9.88 Å². The molecule has 1 fully saturated rings. The predicted octanol–water partition coefficient (Wildman–Crippen LogP) is 0.649. The molecule has 8 nitrogen and oxygen atoms in total.